The van der Waals surface area contributed by atoms with Crippen LogP contribution in [0.2, 0.25) is 0 Å². The summed E-state index contributed by atoms with van der Waals surface area (Å²) in [6.45, 7) is 2.81. The van der Waals surface area contributed by atoms with E-state index in [0.717, 1.165) is 29.5 Å². The summed E-state index contributed by atoms with van der Waals surface area (Å²) in [5.41, 5.74) is 2.07. The quantitative estimate of drug-likeness (QED) is 0.567. The van der Waals surface area contributed by atoms with Crippen molar-refractivity contribution in [2.24, 2.45) is 4.99 Å². The standard InChI is InChI=1S/C19H27N5O/c1-20-19(23-15-17-9-6-7-11-21-17)22-14-16-8-4-5-10-18(16)25-13-12-24(2)3/h4-11H,12-15H2,1-3H3,(H2,20,22,23). The number of likely N-dealkylation sites (N-methyl/N-ethyl adjacent to an activating group) is 1. The van der Waals surface area contributed by atoms with Crippen molar-refractivity contribution in [3.63, 3.8) is 0 Å². The topological polar surface area (TPSA) is 61.8 Å². The van der Waals surface area contributed by atoms with Gasteiger partial charge in [0.1, 0.15) is 12.4 Å². The first kappa shape index (κ1) is 18.7. The van der Waals surface area contributed by atoms with Crippen LogP contribution in [0, 0.1) is 0 Å². The summed E-state index contributed by atoms with van der Waals surface area (Å²) in [6, 6.07) is 13.9. The van der Waals surface area contributed by atoms with Gasteiger partial charge in [0, 0.05) is 31.9 Å². The van der Waals surface area contributed by atoms with E-state index in [1.54, 1.807) is 13.2 Å². The number of rotatable bonds is 8. The zero-order valence-electron chi connectivity index (χ0n) is 15.2. The van der Waals surface area contributed by atoms with Crippen LogP contribution in [-0.2, 0) is 13.1 Å². The molecule has 0 amide bonds. The Hall–Kier alpha value is -2.60. The van der Waals surface area contributed by atoms with E-state index in [1.807, 2.05) is 50.5 Å². The molecule has 1 heterocycles. The molecule has 0 bridgehead atoms. The molecule has 0 unspecified atom stereocenters. The molecule has 2 N–H and O–H groups in total. The number of ether oxygens (including phenoxy) is 1. The highest BCUT2D eigenvalue weighted by atomic mass is 16.5. The maximum Gasteiger partial charge on any atom is 0.191 e. The van der Waals surface area contributed by atoms with Crippen LogP contribution in [0.1, 0.15) is 11.3 Å². The number of nitrogens with zero attached hydrogens (tertiary/aromatic N) is 3. The van der Waals surface area contributed by atoms with Gasteiger partial charge in [0.05, 0.1) is 12.2 Å². The molecule has 0 saturated heterocycles. The Morgan fingerprint density at radius 1 is 1.08 bits per heavy atom. The molecule has 0 aliphatic carbocycles. The van der Waals surface area contributed by atoms with Crippen LogP contribution in [0.4, 0.5) is 0 Å². The van der Waals surface area contributed by atoms with Crippen molar-refractivity contribution in [1.82, 2.24) is 20.5 Å². The zero-order valence-corrected chi connectivity index (χ0v) is 15.2. The maximum atomic E-state index is 5.89. The second kappa shape index (κ2) is 10.3. The molecule has 134 valence electrons. The van der Waals surface area contributed by atoms with E-state index in [-0.39, 0.29) is 0 Å². The van der Waals surface area contributed by atoms with Crippen molar-refractivity contribution in [3.8, 4) is 5.75 Å². The largest absolute Gasteiger partial charge is 0.492 e. The number of aromatic nitrogens is 1. The first-order valence-electron chi connectivity index (χ1n) is 8.39. The SMILES string of the molecule is CN=C(NCc1ccccn1)NCc1ccccc1OCCN(C)C. The van der Waals surface area contributed by atoms with E-state index in [9.17, 15) is 0 Å². The molecule has 0 fully saturated rings. The minimum Gasteiger partial charge on any atom is -0.492 e. The fourth-order valence-corrected chi connectivity index (χ4v) is 2.21. The molecule has 0 spiro atoms. The van der Waals surface area contributed by atoms with E-state index in [2.05, 4.69) is 31.6 Å². The lowest BCUT2D eigenvalue weighted by atomic mass is 10.2. The predicted molar refractivity (Wildman–Crippen MR) is 102 cm³/mol. The number of para-hydroxylation sites is 1. The Morgan fingerprint density at radius 2 is 1.84 bits per heavy atom. The first-order chi connectivity index (χ1) is 12.2. The Bertz CT molecular complexity index is 658. The third-order valence-corrected chi connectivity index (χ3v) is 3.60. The van der Waals surface area contributed by atoms with Gasteiger partial charge >= 0.3 is 0 Å². The summed E-state index contributed by atoms with van der Waals surface area (Å²) in [5, 5.41) is 6.58. The highest BCUT2D eigenvalue weighted by Gasteiger charge is 2.05. The van der Waals surface area contributed by atoms with Gasteiger partial charge < -0.3 is 20.3 Å². The second-order valence-electron chi connectivity index (χ2n) is 5.86. The molecule has 1 aromatic carbocycles. The van der Waals surface area contributed by atoms with Gasteiger partial charge in [-0.1, -0.05) is 24.3 Å². The molecule has 2 aromatic rings. The van der Waals surface area contributed by atoms with Gasteiger partial charge in [0.15, 0.2) is 5.96 Å². The van der Waals surface area contributed by atoms with E-state index < -0.39 is 0 Å². The number of hydrogen-bond acceptors (Lipinski definition) is 4. The molecule has 0 atom stereocenters. The number of aliphatic imine (C=N–C) groups is 1. The number of nitrogens with one attached hydrogen (secondary N) is 2. The van der Waals surface area contributed by atoms with Gasteiger partial charge in [-0.05, 0) is 32.3 Å². The van der Waals surface area contributed by atoms with Crippen LogP contribution >= 0.6 is 0 Å². The van der Waals surface area contributed by atoms with Gasteiger partial charge in [-0.25, -0.2) is 0 Å². The van der Waals surface area contributed by atoms with Gasteiger partial charge in [-0.15, -0.1) is 0 Å². The number of benzene rings is 1. The van der Waals surface area contributed by atoms with Crippen LogP contribution in [0.3, 0.4) is 0 Å². The molecule has 0 saturated carbocycles. The lowest BCUT2D eigenvalue weighted by molar-refractivity contribution is 0.259. The van der Waals surface area contributed by atoms with Crippen LogP contribution in [0.25, 0.3) is 0 Å². The van der Waals surface area contributed by atoms with Gasteiger partial charge in [-0.2, -0.15) is 0 Å². The fourth-order valence-electron chi connectivity index (χ4n) is 2.21. The molecule has 0 aliphatic rings. The van der Waals surface area contributed by atoms with Crippen LogP contribution in [-0.4, -0.2) is 50.1 Å². The Kier molecular flexibility index (Phi) is 7.72. The summed E-state index contributed by atoms with van der Waals surface area (Å²) in [6.07, 6.45) is 1.79. The Labute approximate surface area is 149 Å². The Morgan fingerprint density at radius 3 is 2.56 bits per heavy atom. The van der Waals surface area contributed by atoms with Gasteiger partial charge in [-0.3, -0.25) is 9.98 Å². The van der Waals surface area contributed by atoms with Crippen molar-refractivity contribution in [2.75, 3.05) is 34.3 Å². The third kappa shape index (κ3) is 6.81. The molecule has 1 aromatic heterocycles. The van der Waals surface area contributed by atoms with Crippen molar-refractivity contribution >= 4 is 5.96 Å². The highest BCUT2D eigenvalue weighted by molar-refractivity contribution is 5.79. The number of hydrogen-bond donors (Lipinski definition) is 2. The molecule has 0 aliphatic heterocycles. The van der Waals surface area contributed by atoms with Crippen LogP contribution in [0.5, 0.6) is 5.75 Å². The lowest BCUT2D eigenvalue weighted by Gasteiger charge is -2.16. The first-order valence-corrected chi connectivity index (χ1v) is 8.39. The van der Waals surface area contributed by atoms with Crippen molar-refractivity contribution < 1.29 is 4.74 Å². The zero-order chi connectivity index (χ0) is 17.9. The lowest BCUT2D eigenvalue weighted by Crippen LogP contribution is -2.36. The van der Waals surface area contributed by atoms with E-state index >= 15 is 0 Å². The van der Waals surface area contributed by atoms with Crippen molar-refractivity contribution in [1.29, 1.82) is 0 Å². The van der Waals surface area contributed by atoms with Gasteiger partial charge in [0.25, 0.3) is 0 Å². The minimum absolute atomic E-state index is 0.626. The van der Waals surface area contributed by atoms with E-state index in [4.69, 9.17) is 4.74 Å². The number of guanidine groups is 1. The third-order valence-electron chi connectivity index (χ3n) is 3.60. The Balaban J connectivity index is 1.86. The summed E-state index contributed by atoms with van der Waals surface area (Å²) in [4.78, 5) is 10.6. The molecular weight excluding hydrogens is 314 g/mol. The predicted octanol–water partition coefficient (Wildman–Crippen LogP) is 1.89. The average Bonchev–Trinajstić information content (AvgIpc) is 2.63. The van der Waals surface area contributed by atoms with Crippen molar-refractivity contribution in [2.45, 2.75) is 13.1 Å². The molecule has 25 heavy (non-hydrogen) atoms. The summed E-state index contributed by atoms with van der Waals surface area (Å²) in [7, 11) is 5.83. The van der Waals surface area contributed by atoms with Crippen LogP contribution in [0.15, 0.2) is 53.7 Å². The number of pyridine rings is 1. The molecule has 6 nitrogen and oxygen atoms in total. The second-order valence-corrected chi connectivity index (χ2v) is 5.86. The van der Waals surface area contributed by atoms with E-state index in [0.29, 0.717) is 19.7 Å². The summed E-state index contributed by atoms with van der Waals surface area (Å²) in [5.74, 6) is 1.63. The summed E-state index contributed by atoms with van der Waals surface area (Å²) >= 11 is 0. The van der Waals surface area contributed by atoms with Gasteiger partial charge in [0.2, 0.25) is 0 Å². The smallest absolute Gasteiger partial charge is 0.191 e. The molecular formula is C19H27N5O. The monoisotopic (exact) mass is 341 g/mol. The molecule has 6 heteroatoms. The minimum atomic E-state index is 0.626. The summed E-state index contributed by atoms with van der Waals surface area (Å²) < 4.78 is 5.89. The normalized spacial score (nSPS) is 11.4. The highest BCUT2D eigenvalue weighted by Crippen LogP contribution is 2.17. The molecule has 0 radical (unpaired) electrons. The fraction of sp³-hybridized carbons (Fsp3) is 0.368. The van der Waals surface area contributed by atoms with Crippen molar-refractivity contribution in [3.05, 3.63) is 59.9 Å². The maximum absolute atomic E-state index is 5.89. The molecule has 2 rings (SSSR count). The van der Waals surface area contributed by atoms with E-state index in [1.165, 1.54) is 0 Å². The van der Waals surface area contributed by atoms with Crippen LogP contribution < -0.4 is 15.4 Å². The average molecular weight is 341 g/mol.